The molecule has 0 aliphatic carbocycles. The standard InChI is InChI=1S/C15H18N4O2/c1-2-21-15(20)19(12-6-4-3-5-7-12)18-14-9-8-11(16)10-13(14)17/h3-10,18H,2,16-17H2,1H3. The van der Waals surface area contributed by atoms with Crippen LogP contribution in [-0.2, 0) is 4.74 Å². The summed E-state index contributed by atoms with van der Waals surface area (Å²) in [7, 11) is 0. The van der Waals surface area contributed by atoms with Gasteiger partial charge in [0.25, 0.3) is 0 Å². The zero-order valence-electron chi connectivity index (χ0n) is 11.7. The molecule has 110 valence electrons. The van der Waals surface area contributed by atoms with Gasteiger partial charge in [0.2, 0.25) is 0 Å². The maximum Gasteiger partial charge on any atom is 0.433 e. The predicted molar refractivity (Wildman–Crippen MR) is 84.8 cm³/mol. The smallest absolute Gasteiger partial charge is 0.433 e. The fourth-order valence-corrected chi connectivity index (χ4v) is 1.78. The Hall–Kier alpha value is -2.89. The lowest BCUT2D eigenvalue weighted by Gasteiger charge is -2.24. The van der Waals surface area contributed by atoms with Crippen LogP contribution in [0.3, 0.4) is 0 Å². The van der Waals surface area contributed by atoms with Crippen LogP contribution in [0.5, 0.6) is 0 Å². The number of carbonyl (C=O) groups excluding carboxylic acids is 1. The summed E-state index contributed by atoms with van der Waals surface area (Å²) in [5, 5.41) is 1.30. The van der Waals surface area contributed by atoms with E-state index in [4.69, 9.17) is 16.2 Å². The highest BCUT2D eigenvalue weighted by molar-refractivity contribution is 5.91. The third-order valence-corrected chi connectivity index (χ3v) is 2.77. The number of hydrazine groups is 1. The number of benzene rings is 2. The van der Waals surface area contributed by atoms with E-state index < -0.39 is 6.09 Å². The first-order valence-corrected chi connectivity index (χ1v) is 6.55. The van der Waals surface area contributed by atoms with E-state index in [1.807, 2.05) is 18.2 Å². The summed E-state index contributed by atoms with van der Waals surface area (Å²) in [6.45, 7) is 2.03. The molecule has 0 spiro atoms. The van der Waals surface area contributed by atoms with Gasteiger partial charge in [-0.3, -0.25) is 5.43 Å². The van der Waals surface area contributed by atoms with Crippen LogP contribution in [0.15, 0.2) is 48.5 Å². The van der Waals surface area contributed by atoms with Crippen LogP contribution in [0.2, 0.25) is 0 Å². The molecule has 6 heteroatoms. The zero-order chi connectivity index (χ0) is 15.2. The summed E-state index contributed by atoms with van der Waals surface area (Å²) in [5.74, 6) is 0. The molecule has 6 nitrogen and oxygen atoms in total. The lowest BCUT2D eigenvalue weighted by Crippen LogP contribution is -2.37. The Labute approximate surface area is 123 Å². The van der Waals surface area contributed by atoms with Gasteiger partial charge in [-0.2, -0.15) is 5.01 Å². The molecule has 0 fully saturated rings. The summed E-state index contributed by atoms with van der Waals surface area (Å²) >= 11 is 0. The molecule has 21 heavy (non-hydrogen) atoms. The number of rotatable bonds is 4. The number of nitrogens with zero attached hydrogens (tertiary/aromatic N) is 1. The van der Waals surface area contributed by atoms with E-state index in [0.717, 1.165) is 0 Å². The van der Waals surface area contributed by atoms with Crippen LogP contribution in [0.25, 0.3) is 0 Å². The number of anilines is 4. The Balaban J connectivity index is 2.30. The van der Waals surface area contributed by atoms with Crippen molar-refractivity contribution < 1.29 is 9.53 Å². The minimum atomic E-state index is -0.514. The Morgan fingerprint density at radius 3 is 2.52 bits per heavy atom. The van der Waals surface area contributed by atoms with E-state index in [9.17, 15) is 4.79 Å². The number of nitrogens with two attached hydrogens (primary N) is 2. The van der Waals surface area contributed by atoms with Crippen LogP contribution in [0.4, 0.5) is 27.5 Å². The number of carbonyl (C=O) groups is 1. The third-order valence-electron chi connectivity index (χ3n) is 2.77. The second-order valence-corrected chi connectivity index (χ2v) is 4.33. The summed E-state index contributed by atoms with van der Waals surface area (Å²) in [6, 6.07) is 14.1. The molecule has 0 aliphatic heterocycles. The molecule has 0 aliphatic rings. The van der Waals surface area contributed by atoms with Crippen LogP contribution in [0.1, 0.15) is 6.92 Å². The fourth-order valence-electron chi connectivity index (χ4n) is 1.78. The number of para-hydroxylation sites is 1. The van der Waals surface area contributed by atoms with Crippen LogP contribution < -0.4 is 21.9 Å². The van der Waals surface area contributed by atoms with E-state index in [1.165, 1.54) is 5.01 Å². The van der Waals surface area contributed by atoms with Gasteiger partial charge in [-0.25, -0.2) is 4.79 Å². The molecule has 0 saturated carbocycles. The largest absolute Gasteiger partial charge is 0.448 e. The first kappa shape index (κ1) is 14.5. The van der Waals surface area contributed by atoms with Gasteiger partial charge in [0, 0.05) is 5.69 Å². The van der Waals surface area contributed by atoms with Crippen LogP contribution in [-0.4, -0.2) is 12.7 Å². The fraction of sp³-hybridized carbons (Fsp3) is 0.133. The van der Waals surface area contributed by atoms with Gasteiger partial charge in [-0.1, -0.05) is 18.2 Å². The molecule has 0 bridgehead atoms. The summed E-state index contributed by atoms with van der Waals surface area (Å²) in [5.41, 5.74) is 16.7. The summed E-state index contributed by atoms with van der Waals surface area (Å²) < 4.78 is 5.05. The van der Waals surface area contributed by atoms with E-state index in [-0.39, 0.29) is 6.61 Å². The van der Waals surface area contributed by atoms with Gasteiger partial charge in [-0.15, -0.1) is 0 Å². The van der Waals surface area contributed by atoms with Crippen molar-refractivity contribution >= 4 is 28.8 Å². The molecule has 5 N–H and O–H groups in total. The van der Waals surface area contributed by atoms with Crippen LogP contribution >= 0.6 is 0 Å². The zero-order valence-corrected chi connectivity index (χ0v) is 11.7. The number of hydrogen-bond donors (Lipinski definition) is 3. The van der Waals surface area contributed by atoms with Crippen LogP contribution in [0, 0.1) is 0 Å². The molecular weight excluding hydrogens is 268 g/mol. The molecule has 1 amide bonds. The van der Waals surface area contributed by atoms with Gasteiger partial charge in [0.05, 0.1) is 23.7 Å². The Morgan fingerprint density at radius 1 is 1.19 bits per heavy atom. The van der Waals surface area contributed by atoms with Crippen molar-refractivity contribution in [2.45, 2.75) is 6.92 Å². The summed E-state index contributed by atoms with van der Waals surface area (Å²) in [4.78, 5) is 12.1. The third kappa shape index (κ3) is 3.56. The highest BCUT2D eigenvalue weighted by Gasteiger charge is 2.17. The SMILES string of the molecule is CCOC(=O)N(Nc1ccc(N)cc1N)c1ccccc1. The monoisotopic (exact) mass is 286 g/mol. The lowest BCUT2D eigenvalue weighted by atomic mass is 10.2. The van der Waals surface area contributed by atoms with Crippen molar-refractivity contribution in [3.63, 3.8) is 0 Å². The van der Waals surface area contributed by atoms with Crippen molar-refractivity contribution in [2.75, 3.05) is 28.5 Å². The normalized spacial score (nSPS) is 9.95. The molecule has 2 aromatic rings. The number of hydrogen-bond acceptors (Lipinski definition) is 5. The average Bonchev–Trinajstić information content (AvgIpc) is 2.47. The molecule has 0 atom stereocenters. The molecule has 0 unspecified atom stereocenters. The van der Waals surface area contributed by atoms with E-state index in [0.29, 0.717) is 22.7 Å². The second kappa shape index (κ2) is 6.51. The topological polar surface area (TPSA) is 93.6 Å². The molecule has 0 radical (unpaired) electrons. The van der Waals surface area contributed by atoms with Crippen molar-refractivity contribution in [1.29, 1.82) is 0 Å². The van der Waals surface area contributed by atoms with Gasteiger partial charge < -0.3 is 16.2 Å². The minimum absolute atomic E-state index is 0.279. The van der Waals surface area contributed by atoms with Gasteiger partial charge in [0.15, 0.2) is 0 Å². The predicted octanol–water partition coefficient (Wildman–Crippen LogP) is 2.84. The maximum atomic E-state index is 12.1. The second-order valence-electron chi connectivity index (χ2n) is 4.33. The Kier molecular flexibility index (Phi) is 4.50. The first-order chi connectivity index (χ1) is 10.1. The lowest BCUT2D eigenvalue weighted by molar-refractivity contribution is 0.161. The molecule has 0 aromatic heterocycles. The average molecular weight is 286 g/mol. The van der Waals surface area contributed by atoms with Crippen molar-refractivity contribution in [1.82, 2.24) is 0 Å². The Morgan fingerprint density at radius 2 is 1.90 bits per heavy atom. The van der Waals surface area contributed by atoms with Gasteiger partial charge in [-0.05, 0) is 37.3 Å². The molecule has 2 aromatic carbocycles. The quantitative estimate of drug-likeness (QED) is 0.593. The summed E-state index contributed by atoms with van der Waals surface area (Å²) in [6.07, 6.45) is -0.514. The van der Waals surface area contributed by atoms with Crippen molar-refractivity contribution in [3.05, 3.63) is 48.5 Å². The van der Waals surface area contributed by atoms with Crippen molar-refractivity contribution in [2.24, 2.45) is 0 Å². The number of amides is 1. The van der Waals surface area contributed by atoms with E-state index in [1.54, 1.807) is 37.3 Å². The Bertz CT molecular complexity index is 616. The molecule has 0 heterocycles. The molecule has 0 saturated heterocycles. The highest BCUT2D eigenvalue weighted by Crippen LogP contribution is 2.24. The minimum Gasteiger partial charge on any atom is -0.448 e. The van der Waals surface area contributed by atoms with E-state index in [2.05, 4.69) is 5.43 Å². The highest BCUT2D eigenvalue weighted by atomic mass is 16.6. The van der Waals surface area contributed by atoms with Gasteiger partial charge in [0.1, 0.15) is 0 Å². The number of nitrogens with one attached hydrogen (secondary N) is 1. The number of nitrogen functional groups attached to an aromatic ring is 2. The maximum absolute atomic E-state index is 12.1. The molecular formula is C15H18N4O2. The number of ether oxygens (including phenoxy) is 1. The first-order valence-electron chi connectivity index (χ1n) is 6.55. The van der Waals surface area contributed by atoms with Crippen molar-refractivity contribution in [3.8, 4) is 0 Å². The van der Waals surface area contributed by atoms with Gasteiger partial charge >= 0.3 is 6.09 Å². The molecule has 2 rings (SSSR count). The van der Waals surface area contributed by atoms with E-state index >= 15 is 0 Å².